The van der Waals surface area contributed by atoms with Crippen molar-refractivity contribution in [3.8, 4) is 22.3 Å². The second-order valence-corrected chi connectivity index (χ2v) is 10.0. The van der Waals surface area contributed by atoms with Crippen molar-refractivity contribution in [2.75, 3.05) is 0 Å². The van der Waals surface area contributed by atoms with Crippen LogP contribution in [0.25, 0.3) is 76.5 Å². The normalized spacial score (nSPS) is 11.9. The van der Waals surface area contributed by atoms with Crippen molar-refractivity contribution >= 4 is 54.3 Å². The van der Waals surface area contributed by atoms with Crippen LogP contribution >= 0.6 is 0 Å². The number of rotatable bonds is 2. The van der Waals surface area contributed by atoms with Gasteiger partial charge < -0.3 is 8.94 Å². The lowest BCUT2D eigenvalue weighted by atomic mass is 9.85. The molecule has 0 aliphatic carbocycles. The highest BCUT2D eigenvalue weighted by Gasteiger charge is 2.21. The lowest BCUT2D eigenvalue weighted by Crippen LogP contribution is -1.92. The van der Waals surface area contributed by atoms with Gasteiger partial charge in [0.25, 0.3) is 0 Å². The molecule has 6 aromatic carbocycles. The first-order valence-electron chi connectivity index (χ1n) is 12.9. The summed E-state index contributed by atoms with van der Waals surface area (Å²) in [5, 5.41) is 13.8. The Labute approximate surface area is 218 Å². The molecule has 0 radical (unpaired) electrons. The Balaban J connectivity index is 1.49. The molecular weight excluding hydrogens is 466 g/mol. The van der Waals surface area contributed by atoms with E-state index in [1.165, 1.54) is 49.0 Å². The Morgan fingerprint density at radius 3 is 1.71 bits per heavy atom. The van der Waals surface area contributed by atoms with Crippen molar-refractivity contribution < 1.29 is 8.94 Å². The topological polar surface area (TPSA) is 39.2 Å². The van der Waals surface area contributed by atoms with Crippen LogP contribution in [0.15, 0.2) is 112 Å². The van der Waals surface area contributed by atoms with E-state index in [0.29, 0.717) is 0 Å². The van der Waals surface area contributed by atoms with Crippen LogP contribution < -0.4 is 0 Å². The molecule has 0 N–H and O–H groups in total. The van der Waals surface area contributed by atoms with E-state index in [-0.39, 0.29) is 0 Å². The molecule has 0 unspecified atom stereocenters. The summed E-state index contributed by atoms with van der Waals surface area (Å²) in [6.07, 6.45) is 0. The standard InChI is InChI=1S/C35H23NO2/c1-20-33(21(2)38-36-20)35-27-13-7-5-11-25(27)34(26-12-6-8-14-28(26)35)24-15-16-31-29(18-24)30-17-22-9-3-4-10-23(22)19-32(30)37-31/h3-19H,1-2H3. The van der Waals surface area contributed by atoms with E-state index >= 15 is 0 Å². The molecule has 3 heteroatoms. The molecule has 0 saturated heterocycles. The van der Waals surface area contributed by atoms with E-state index in [9.17, 15) is 0 Å². The van der Waals surface area contributed by atoms with Gasteiger partial charge in [0.05, 0.1) is 5.69 Å². The lowest BCUT2D eigenvalue weighted by Gasteiger charge is -2.17. The van der Waals surface area contributed by atoms with E-state index in [1.807, 2.05) is 13.8 Å². The fourth-order valence-corrected chi connectivity index (χ4v) is 6.17. The second kappa shape index (κ2) is 7.80. The number of nitrogens with zero attached hydrogens (tertiary/aromatic N) is 1. The van der Waals surface area contributed by atoms with Gasteiger partial charge in [-0.2, -0.15) is 0 Å². The van der Waals surface area contributed by atoms with Crippen molar-refractivity contribution in [2.45, 2.75) is 13.8 Å². The van der Waals surface area contributed by atoms with Crippen molar-refractivity contribution in [3.63, 3.8) is 0 Å². The van der Waals surface area contributed by atoms with Gasteiger partial charge in [-0.25, -0.2) is 0 Å². The largest absolute Gasteiger partial charge is 0.456 e. The van der Waals surface area contributed by atoms with Gasteiger partial charge in [0, 0.05) is 21.9 Å². The summed E-state index contributed by atoms with van der Waals surface area (Å²) in [7, 11) is 0. The smallest absolute Gasteiger partial charge is 0.141 e. The van der Waals surface area contributed by atoms with Crippen molar-refractivity contribution in [1.29, 1.82) is 0 Å². The molecule has 38 heavy (non-hydrogen) atoms. The molecule has 0 spiro atoms. The van der Waals surface area contributed by atoms with Gasteiger partial charge in [0.2, 0.25) is 0 Å². The minimum Gasteiger partial charge on any atom is -0.456 e. The summed E-state index contributed by atoms with van der Waals surface area (Å²) in [6, 6.07) is 36.8. The minimum atomic E-state index is 0.837. The van der Waals surface area contributed by atoms with E-state index in [2.05, 4.69) is 108 Å². The maximum Gasteiger partial charge on any atom is 0.141 e. The third-order valence-electron chi connectivity index (χ3n) is 7.84. The average molecular weight is 490 g/mol. The van der Waals surface area contributed by atoms with Crippen LogP contribution in [0.3, 0.4) is 0 Å². The number of benzene rings is 6. The maximum absolute atomic E-state index is 6.30. The van der Waals surface area contributed by atoms with Gasteiger partial charge in [-0.05, 0) is 81.6 Å². The van der Waals surface area contributed by atoms with E-state index in [4.69, 9.17) is 8.94 Å². The van der Waals surface area contributed by atoms with Gasteiger partial charge >= 0.3 is 0 Å². The van der Waals surface area contributed by atoms with Crippen LogP contribution in [-0.4, -0.2) is 5.16 Å². The zero-order valence-corrected chi connectivity index (χ0v) is 21.1. The number of aryl methyl sites for hydroxylation is 2. The third-order valence-corrected chi connectivity index (χ3v) is 7.84. The molecule has 8 aromatic rings. The van der Waals surface area contributed by atoms with Gasteiger partial charge in [-0.1, -0.05) is 84.0 Å². The number of fused-ring (bicyclic) bond motifs is 6. The summed E-state index contributed by atoms with van der Waals surface area (Å²) in [5.74, 6) is 0.837. The molecule has 2 heterocycles. The number of aromatic nitrogens is 1. The highest BCUT2D eigenvalue weighted by Crippen LogP contribution is 2.46. The van der Waals surface area contributed by atoms with E-state index in [0.717, 1.165) is 39.0 Å². The van der Waals surface area contributed by atoms with Gasteiger partial charge in [0.15, 0.2) is 0 Å². The highest BCUT2D eigenvalue weighted by atomic mass is 16.5. The van der Waals surface area contributed by atoms with E-state index < -0.39 is 0 Å². The Morgan fingerprint density at radius 1 is 0.500 bits per heavy atom. The summed E-state index contributed by atoms with van der Waals surface area (Å²) >= 11 is 0. The molecule has 3 nitrogen and oxygen atoms in total. The Bertz CT molecular complexity index is 2140. The van der Waals surface area contributed by atoms with Crippen molar-refractivity contribution in [2.24, 2.45) is 0 Å². The van der Waals surface area contributed by atoms with Crippen molar-refractivity contribution in [1.82, 2.24) is 5.16 Å². The Hall–Kier alpha value is -4.89. The number of furan rings is 1. The van der Waals surface area contributed by atoms with Crippen LogP contribution in [0.5, 0.6) is 0 Å². The fourth-order valence-electron chi connectivity index (χ4n) is 6.17. The zero-order valence-electron chi connectivity index (χ0n) is 21.1. The van der Waals surface area contributed by atoms with Crippen LogP contribution in [0, 0.1) is 13.8 Å². The molecule has 0 aliphatic rings. The Kier molecular flexibility index (Phi) is 4.36. The Morgan fingerprint density at radius 2 is 1.08 bits per heavy atom. The summed E-state index contributed by atoms with van der Waals surface area (Å²) in [6.45, 7) is 4.01. The fraction of sp³-hybridized carbons (Fsp3) is 0.0571. The second-order valence-electron chi connectivity index (χ2n) is 10.0. The van der Waals surface area contributed by atoms with Gasteiger partial charge in [-0.15, -0.1) is 0 Å². The monoisotopic (exact) mass is 489 g/mol. The summed E-state index contributed by atoms with van der Waals surface area (Å²) < 4.78 is 11.9. The first kappa shape index (κ1) is 21.2. The molecule has 0 bridgehead atoms. The molecule has 0 amide bonds. The quantitative estimate of drug-likeness (QED) is 0.227. The number of hydrogen-bond donors (Lipinski definition) is 0. The summed E-state index contributed by atoms with van der Waals surface area (Å²) in [4.78, 5) is 0. The van der Waals surface area contributed by atoms with Crippen molar-refractivity contribution in [3.05, 3.63) is 115 Å². The zero-order chi connectivity index (χ0) is 25.4. The molecule has 180 valence electrons. The molecular formula is C35H23NO2. The number of hydrogen-bond acceptors (Lipinski definition) is 3. The first-order valence-corrected chi connectivity index (χ1v) is 12.9. The molecule has 0 atom stereocenters. The lowest BCUT2D eigenvalue weighted by molar-refractivity contribution is 0.393. The summed E-state index contributed by atoms with van der Waals surface area (Å²) in [5.41, 5.74) is 7.38. The van der Waals surface area contributed by atoms with Gasteiger partial charge in [0.1, 0.15) is 16.9 Å². The molecule has 0 aliphatic heterocycles. The SMILES string of the molecule is Cc1noc(C)c1-c1c2ccccc2c(-c2ccc3oc4cc5ccccc5cc4c3c2)c2ccccc12. The average Bonchev–Trinajstić information content (AvgIpc) is 3.48. The van der Waals surface area contributed by atoms with Crippen LogP contribution in [0.4, 0.5) is 0 Å². The maximum atomic E-state index is 6.30. The van der Waals surface area contributed by atoms with E-state index in [1.54, 1.807) is 0 Å². The third kappa shape index (κ3) is 2.93. The first-order chi connectivity index (χ1) is 18.7. The van der Waals surface area contributed by atoms with Crippen LogP contribution in [0.1, 0.15) is 11.5 Å². The van der Waals surface area contributed by atoms with Crippen LogP contribution in [-0.2, 0) is 0 Å². The van der Waals surface area contributed by atoms with Gasteiger partial charge in [-0.3, -0.25) is 0 Å². The highest BCUT2D eigenvalue weighted by molar-refractivity contribution is 6.22. The molecule has 2 aromatic heterocycles. The van der Waals surface area contributed by atoms with Crippen LogP contribution in [0.2, 0.25) is 0 Å². The molecule has 0 fully saturated rings. The minimum absolute atomic E-state index is 0.837. The predicted octanol–water partition coefficient (Wildman–Crippen LogP) is 9.98. The molecule has 0 saturated carbocycles. The molecule has 8 rings (SSSR count). The predicted molar refractivity (Wildman–Crippen MR) is 157 cm³/mol.